The second-order valence-electron chi connectivity index (χ2n) is 4.02. The lowest BCUT2D eigenvalue weighted by Crippen LogP contribution is -2.29. The summed E-state index contributed by atoms with van der Waals surface area (Å²) in [7, 11) is -3.77. The first kappa shape index (κ1) is 14.3. The molecule has 0 saturated heterocycles. The molecule has 2 rings (SSSR count). The molecular formula is C10H8F3N3O3S. The summed E-state index contributed by atoms with van der Waals surface area (Å²) >= 11 is 0. The van der Waals surface area contributed by atoms with Crippen molar-refractivity contribution in [2.24, 2.45) is 0 Å². The van der Waals surface area contributed by atoms with Crippen LogP contribution in [0.3, 0.4) is 0 Å². The van der Waals surface area contributed by atoms with Crippen molar-refractivity contribution in [2.45, 2.75) is 6.18 Å². The molecule has 108 valence electrons. The summed E-state index contributed by atoms with van der Waals surface area (Å²) in [5, 5.41) is 3.69. The maximum atomic E-state index is 12.5. The minimum absolute atomic E-state index is 0.0264. The van der Waals surface area contributed by atoms with Crippen molar-refractivity contribution in [1.29, 1.82) is 0 Å². The molecule has 0 aliphatic heterocycles. The van der Waals surface area contributed by atoms with E-state index in [1.165, 1.54) is 0 Å². The molecule has 2 heterocycles. The van der Waals surface area contributed by atoms with Crippen LogP contribution in [0.25, 0.3) is 5.52 Å². The van der Waals surface area contributed by atoms with Gasteiger partial charge in [-0.15, -0.1) is 0 Å². The molecule has 0 unspecified atom stereocenters. The lowest BCUT2D eigenvalue weighted by molar-refractivity contribution is -0.137. The van der Waals surface area contributed by atoms with E-state index in [0.717, 1.165) is 35.2 Å². The van der Waals surface area contributed by atoms with Gasteiger partial charge in [-0.05, 0) is 18.2 Å². The Morgan fingerprint density at radius 2 is 2.00 bits per heavy atom. The normalized spacial score (nSPS) is 12.6. The van der Waals surface area contributed by atoms with Crippen LogP contribution in [0, 0.1) is 0 Å². The van der Waals surface area contributed by atoms with E-state index in [0.29, 0.717) is 0 Å². The standard InChI is InChI=1S/C10H8F3N3O3S/c1-20(18,19)15-9(17)8-5-7-4-6(10(11,12)13)2-3-16(7)14-8/h2-5H,1H3,(H,15,17). The van der Waals surface area contributed by atoms with Gasteiger partial charge in [0.15, 0.2) is 5.69 Å². The lowest BCUT2D eigenvalue weighted by atomic mass is 10.2. The van der Waals surface area contributed by atoms with Crippen LogP contribution in [0.4, 0.5) is 13.2 Å². The van der Waals surface area contributed by atoms with Crippen molar-refractivity contribution in [2.75, 3.05) is 6.26 Å². The molecule has 0 fully saturated rings. The molecule has 2 aromatic rings. The molecule has 2 aromatic heterocycles. The fourth-order valence-corrected chi connectivity index (χ4v) is 1.94. The molecule has 6 nitrogen and oxygen atoms in total. The summed E-state index contributed by atoms with van der Waals surface area (Å²) < 4.78 is 62.1. The highest BCUT2D eigenvalue weighted by molar-refractivity contribution is 7.89. The molecule has 1 N–H and O–H groups in total. The van der Waals surface area contributed by atoms with Crippen molar-refractivity contribution in [3.8, 4) is 0 Å². The van der Waals surface area contributed by atoms with E-state index in [2.05, 4.69) is 5.10 Å². The Hall–Kier alpha value is -2.10. The second-order valence-corrected chi connectivity index (χ2v) is 5.76. The van der Waals surface area contributed by atoms with Gasteiger partial charge in [-0.2, -0.15) is 18.3 Å². The van der Waals surface area contributed by atoms with Gasteiger partial charge in [0.1, 0.15) is 0 Å². The monoisotopic (exact) mass is 307 g/mol. The molecule has 0 aromatic carbocycles. The number of carbonyl (C=O) groups excluding carboxylic acids is 1. The zero-order valence-corrected chi connectivity index (χ0v) is 10.8. The van der Waals surface area contributed by atoms with Gasteiger partial charge in [0.05, 0.1) is 17.3 Å². The van der Waals surface area contributed by atoms with Gasteiger partial charge in [-0.25, -0.2) is 17.7 Å². The van der Waals surface area contributed by atoms with E-state index >= 15 is 0 Å². The number of fused-ring (bicyclic) bond motifs is 1. The number of sulfonamides is 1. The van der Waals surface area contributed by atoms with Crippen LogP contribution in [-0.2, 0) is 16.2 Å². The molecule has 0 spiro atoms. The molecule has 0 bridgehead atoms. The number of hydrogen-bond donors (Lipinski definition) is 1. The molecule has 0 atom stereocenters. The third-order valence-electron chi connectivity index (χ3n) is 2.30. The van der Waals surface area contributed by atoms with Crippen LogP contribution in [0.5, 0.6) is 0 Å². The number of halogens is 3. The minimum Gasteiger partial charge on any atom is -0.266 e. The zero-order chi connectivity index (χ0) is 15.1. The van der Waals surface area contributed by atoms with Crippen LogP contribution in [0.2, 0.25) is 0 Å². The predicted molar refractivity (Wildman–Crippen MR) is 62.5 cm³/mol. The number of amides is 1. The van der Waals surface area contributed by atoms with Crippen LogP contribution < -0.4 is 4.72 Å². The van der Waals surface area contributed by atoms with Gasteiger partial charge < -0.3 is 0 Å². The Kier molecular flexibility index (Phi) is 3.20. The summed E-state index contributed by atoms with van der Waals surface area (Å²) in [4.78, 5) is 11.5. The number of alkyl halides is 3. The van der Waals surface area contributed by atoms with Gasteiger partial charge in [0.25, 0.3) is 5.91 Å². The Bertz CT molecular complexity index is 780. The molecule has 1 amide bonds. The van der Waals surface area contributed by atoms with Crippen LogP contribution in [0.15, 0.2) is 24.4 Å². The summed E-state index contributed by atoms with van der Waals surface area (Å²) in [6.07, 6.45) is -2.70. The predicted octanol–water partition coefficient (Wildman–Crippen LogP) is 1.04. The average molecular weight is 307 g/mol. The van der Waals surface area contributed by atoms with E-state index in [1.54, 1.807) is 4.72 Å². The van der Waals surface area contributed by atoms with Crippen molar-refractivity contribution in [3.05, 3.63) is 35.7 Å². The molecule has 0 saturated carbocycles. The number of pyridine rings is 1. The number of carbonyl (C=O) groups is 1. The third kappa shape index (κ3) is 3.07. The van der Waals surface area contributed by atoms with Crippen molar-refractivity contribution >= 4 is 21.4 Å². The molecule has 0 aliphatic rings. The molecular weight excluding hydrogens is 299 g/mol. The lowest BCUT2D eigenvalue weighted by Gasteiger charge is -2.05. The largest absolute Gasteiger partial charge is 0.416 e. The molecule has 0 radical (unpaired) electrons. The minimum atomic E-state index is -4.51. The third-order valence-corrected chi connectivity index (χ3v) is 2.86. The van der Waals surface area contributed by atoms with Gasteiger partial charge in [0, 0.05) is 6.20 Å². The van der Waals surface area contributed by atoms with Crippen LogP contribution >= 0.6 is 0 Å². The first-order chi connectivity index (χ1) is 9.06. The SMILES string of the molecule is CS(=O)(=O)NC(=O)c1cc2cc(C(F)(F)F)ccn2n1. The zero-order valence-electron chi connectivity index (χ0n) is 9.97. The quantitative estimate of drug-likeness (QED) is 0.899. The highest BCUT2D eigenvalue weighted by atomic mass is 32.2. The van der Waals surface area contributed by atoms with E-state index in [9.17, 15) is 26.4 Å². The first-order valence-corrected chi connectivity index (χ1v) is 7.04. The maximum absolute atomic E-state index is 12.5. The van der Waals surface area contributed by atoms with Crippen molar-refractivity contribution in [3.63, 3.8) is 0 Å². The number of rotatable bonds is 2. The van der Waals surface area contributed by atoms with Gasteiger partial charge >= 0.3 is 6.18 Å². The Morgan fingerprint density at radius 1 is 1.35 bits per heavy atom. The second kappa shape index (κ2) is 4.47. The fraction of sp³-hybridized carbons (Fsp3) is 0.200. The van der Waals surface area contributed by atoms with Gasteiger partial charge in [-0.1, -0.05) is 0 Å². The van der Waals surface area contributed by atoms with E-state index in [1.807, 2.05) is 0 Å². The Morgan fingerprint density at radius 3 is 2.55 bits per heavy atom. The van der Waals surface area contributed by atoms with E-state index < -0.39 is 27.7 Å². The Labute approximate surface area is 111 Å². The molecule has 0 aliphatic carbocycles. The topological polar surface area (TPSA) is 80.5 Å². The maximum Gasteiger partial charge on any atom is 0.416 e. The number of hydrogen-bond acceptors (Lipinski definition) is 4. The smallest absolute Gasteiger partial charge is 0.266 e. The number of nitrogens with zero attached hydrogens (tertiary/aromatic N) is 2. The number of nitrogens with one attached hydrogen (secondary N) is 1. The van der Waals surface area contributed by atoms with Crippen LogP contribution in [0.1, 0.15) is 16.1 Å². The van der Waals surface area contributed by atoms with E-state index in [-0.39, 0.29) is 11.2 Å². The fourth-order valence-electron chi connectivity index (χ4n) is 1.50. The van der Waals surface area contributed by atoms with Crippen LogP contribution in [-0.4, -0.2) is 30.2 Å². The number of aromatic nitrogens is 2. The van der Waals surface area contributed by atoms with Gasteiger partial charge in [-0.3, -0.25) is 4.79 Å². The summed E-state index contributed by atoms with van der Waals surface area (Å²) in [6, 6.07) is 2.68. The Balaban J connectivity index is 2.42. The van der Waals surface area contributed by atoms with Crippen molar-refractivity contribution in [1.82, 2.24) is 14.3 Å². The molecule has 10 heteroatoms. The van der Waals surface area contributed by atoms with Crippen molar-refractivity contribution < 1.29 is 26.4 Å². The summed E-state index contributed by atoms with van der Waals surface area (Å²) in [6.45, 7) is 0. The highest BCUT2D eigenvalue weighted by Gasteiger charge is 2.30. The summed E-state index contributed by atoms with van der Waals surface area (Å²) in [5.41, 5.74) is -1.16. The molecule has 20 heavy (non-hydrogen) atoms. The summed E-state index contributed by atoms with van der Waals surface area (Å²) in [5.74, 6) is -1.01. The first-order valence-electron chi connectivity index (χ1n) is 5.15. The van der Waals surface area contributed by atoms with E-state index in [4.69, 9.17) is 0 Å². The highest BCUT2D eigenvalue weighted by Crippen LogP contribution is 2.29. The average Bonchev–Trinajstić information content (AvgIpc) is 2.67. The van der Waals surface area contributed by atoms with Gasteiger partial charge in [0.2, 0.25) is 10.0 Å².